The Hall–Kier alpha value is -2.50. The fourth-order valence-corrected chi connectivity index (χ4v) is 2.36. The number of nitrogens with zero attached hydrogens (tertiary/aromatic N) is 2. The number of methoxy groups -OCH3 is 2. The second-order valence-corrected chi connectivity index (χ2v) is 6.72. The highest BCUT2D eigenvalue weighted by molar-refractivity contribution is 5.97. The van der Waals surface area contributed by atoms with Crippen molar-refractivity contribution in [1.82, 2.24) is 14.9 Å². The zero-order valence-corrected chi connectivity index (χ0v) is 14.9. The number of benzene rings is 1. The molecule has 0 unspecified atom stereocenters. The van der Waals surface area contributed by atoms with Crippen LogP contribution in [0.2, 0.25) is 0 Å². The van der Waals surface area contributed by atoms with Gasteiger partial charge in [0.15, 0.2) is 0 Å². The molecule has 24 heavy (non-hydrogen) atoms. The van der Waals surface area contributed by atoms with Gasteiger partial charge in [-0.05, 0) is 17.5 Å². The molecule has 1 N–H and O–H groups in total. The number of carbonyl (C=O) groups excluding carboxylic acids is 1. The minimum Gasteiger partial charge on any atom is -0.497 e. The van der Waals surface area contributed by atoms with Crippen LogP contribution in [0.4, 0.5) is 0 Å². The van der Waals surface area contributed by atoms with E-state index >= 15 is 0 Å². The van der Waals surface area contributed by atoms with Crippen molar-refractivity contribution in [2.75, 3.05) is 14.2 Å². The fourth-order valence-electron chi connectivity index (χ4n) is 2.36. The summed E-state index contributed by atoms with van der Waals surface area (Å²) in [6, 6.07) is 5.10. The predicted octanol–water partition coefficient (Wildman–Crippen LogP) is 2.75. The largest absolute Gasteiger partial charge is 0.497 e. The fraction of sp³-hybridized carbons (Fsp3) is 0.444. The first-order valence-electron chi connectivity index (χ1n) is 7.83. The molecular weight excluding hydrogens is 306 g/mol. The van der Waals surface area contributed by atoms with Crippen LogP contribution in [0.5, 0.6) is 11.5 Å². The highest BCUT2D eigenvalue weighted by Crippen LogP contribution is 2.26. The van der Waals surface area contributed by atoms with Crippen molar-refractivity contribution >= 4 is 5.91 Å². The Labute approximate surface area is 142 Å². The highest BCUT2D eigenvalue weighted by Gasteiger charge is 2.28. The summed E-state index contributed by atoms with van der Waals surface area (Å²) >= 11 is 0. The van der Waals surface area contributed by atoms with Crippen molar-refractivity contribution in [3.8, 4) is 11.5 Å². The summed E-state index contributed by atoms with van der Waals surface area (Å²) in [4.78, 5) is 16.8. The van der Waals surface area contributed by atoms with Crippen molar-refractivity contribution in [1.29, 1.82) is 0 Å². The van der Waals surface area contributed by atoms with Gasteiger partial charge in [-0.3, -0.25) is 4.79 Å². The number of imidazole rings is 1. The van der Waals surface area contributed by atoms with Gasteiger partial charge < -0.3 is 19.4 Å². The Morgan fingerprint density at radius 2 is 2.04 bits per heavy atom. The number of hydrogen-bond acceptors (Lipinski definition) is 4. The molecule has 6 heteroatoms. The van der Waals surface area contributed by atoms with E-state index in [1.165, 1.54) is 7.11 Å². The van der Waals surface area contributed by atoms with E-state index < -0.39 is 0 Å². The Balaban J connectivity index is 2.21. The van der Waals surface area contributed by atoms with E-state index in [-0.39, 0.29) is 17.4 Å². The predicted molar refractivity (Wildman–Crippen MR) is 92.5 cm³/mol. The lowest BCUT2D eigenvalue weighted by atomic mass is 9.86. The molecule has 1 heterocycles. The van der Waals surface area contributed by atoms with Gasteiger partial charge in [0.25, 0.3) is 5.91 Å². The second kappa shape index (κ2) is 7.38. The van der Waals surface area contributed by atoms with Gasteiger partial charge in [0, 0.05) is 25.0 Å². The number of rotatable bonds is 6. The molecular formula is C18H25N3O3. The van der Waals surface area contributed by atoms with Crippen LogP contribution in [0.15, 0.2) is 36.9 Å². The van der Waals surface area contributed by atoms with Crippen LogP contribution in [0.25, 0.3) is 0 Å². The van der Waals surface area contributed by atoms with E-state index in [9.17, 15) is 4.79 Å². The maximum atomic E-state index is 12.8. The summed E-state index contributed by atoms with van der Waals surface area (Å²) in [6.07, 6.45) is 5.37. The monoisotopic (exact) mass is 331 g/mol. The number of ether oxygens (including phenoxy) is 2. The molecule has 2 rings (SSSR count). The van der Waals surface area contributed by atoms with E-state index in [1.807, 2.05) is 10.8 Å². The third-order valence-corrected chi connectivity index (χ3v) is 3.96. The van der Waals surface area contributed by atoms with Crippen molar-refractivity contribution in [2.24, 2.45) is 5.41 Å². The van der Waals surface area contributed by atoms with Crippen LogP contribution in [0.3, 0.4) is 0 Å². The smallest absolute Gasteiger partial charge is 0.255 e. The zero-order chi connectivity index (χ0) is 17.7. The Bertz CT molecular complexity index is 675. The zero-order valence-electron chi connectivity index (χ0n) is 14.9. The van der Waals surface area contributed by atoms with Crippen molar-refractivity contribution in [3.63, 3.8) is 0 Å². The maximum Gasteiger partial charge on any atom is 0.255 e. The Morgan fingerprint density at radius 3 is 2.58 bits per heavy atom. The first-order chi connectivity index (χ1) is 11.3. The summed E-state index contributed by atoms with van der Waals surface area (Å²) in [5, 5.41) is 3.12. The number of nitrogens with one attached hydrogen (secondary N) is 1. The molecule has 1 amide bonds. The Morgan fingerprint density at radius 1 is 1.29 bits per heavy atom. The number of carbonyl (C=O) groups is 1. The van der Waals surface area contributed by atoms with Crippen molar-refractivity contribution in [3.05, 3.63) is 42.5 Å². The molecule has 1 atom stereocenters. The van der Waals surface area contributed by atoms with Gasteiger partial charge in [-0.15, -0.1) is 0 Å². The van der Waals surface area contributed by atoms with Crippen molar-refractivity contribution < 1.29 is 14.3 Å². The minimum atomic E-state index is -0.172. The minimum absolute atomic E-state index is 0.0639. The van der Waals surface area contributed by atoms with E-state index in [0.29, 0.717) is 23.6 Å². The first kappa shape index (κ1) is 17.8. The summed E-state index contributed by atoms with van der Waals surface area (Å²) in [5.41, 5.74) is 0.373. The second-order valence-electron chi connectivity index (χ2n) is 6.72. The standard InChI is InChI=1S/C18H25N3O3/c1-18(2,3)16(11-21-9-8-19-12-21)20-17(22)14-7-6-13(23-4)10-15(14)24-5/h6-10,12,16H,11H2,1-5H3,(H,20,22)/t16-/m0/s1. The van der Waals surface area contributed by atoms with Crippen molar-refractivity contribution in [2.45, 2.75) is 33.4 Å². The van der Waals surface area contributed by atoms with Crippen LogP contribution >= 0.6 is 0 Å². The molecule has 6 nitrogen and oxygen atoms in total. The summed E-state index contributed by atoms with van der Waals surface area (Å²) in [6.45, 7) is 6.94. The molecule has 0 aliphatic rings. The highest BCUT2D eigenvalue weighted by atomic mass is 16.5. The number of hydrogen-bond donors (Lipinski definition) is 1. The molecule has 1 aromatic heterocycles. The molecule has 0 spiro atoms. The molecule has 0 saturated carbocycles. The van der Waals surface area contributed by atoms with Gasteiger partial charge in [0.05, 0.1) is 32.2 Å². The topological polar surface area (TPSA) is 65.4 Å². The number of aromatic nitrogens is 2. The SMILES string of the molecule is COc1ccc(C(=O)N[C@@H](Cn2ccnc2)C(C)(C)C)c(OC)c1. The van der Waals surface area contributed by atoms with E-state index in [4.69, 9.17) is 9.47 Å². The van der Waals surface area contributed by atoms with Crippen LogP contribution in [0, 0.1) is 5.41 Å². The molecule has 0 aliphatic carbocycles. The van der Waals surface area contributed by atoms with Gasteiger partial charge >= 0.3 is 0 Å². The van der Waals surface area contributed by atoms with Crippen LogP contribution < -0.4 is 14.8 Å². The third kappa shape index (κ3) is 4.28. The van der Waals surface area contributed by atoms with Crippen LogP contribution in [-0.2, 0) is 6.54 Å². The van der Waals surface area contributed by atoms with E-state index in [2.05, 4.69) is 31.1 Å². The molecule has 0 aliphatic heterocycles. The lowest BCUT2D eigenvalue weighted by Crippen LogP contribution is -2.46. The summed E-state index contributed by atoms with van der Waals surface area (Å²) in [7, 11) is 3.12. The maximum absolute atomic E-state index is 12.8. The molecule has 0 radical (unpaired) electrons. The number of amides is 1. The lowest BCUT2D eigenvalue weighted by Gasteiger charge is -2.32. The van der Waals surface area contributed by atoms with Gasteiger partial charge in [0.2, 0.25) is 0 Å². The lowest BCUT2D eigenvalue weighted by molar-refractivity contribution is 0.0889. The molecule has 0 bridgehead atoms. The summed E-state index contributed by atoms with van der Waals surface area (Å²) < 4.78 is 12.5. The van der Waals surface area contributed by atoms with Gasteiger partial charge in [-0.25, -0.2) is 4.98 Å². The molecule has 0 saturated heterocycles. The van der Waals surface area contributed by atoms with Crippen LogP contribution in [-0.4, -0.2) is 35.7 Å². The average molecular weight is 331 g/mol. The summed E-state index contributed by atoms with van der Waals surface area (Å²) in [5.74, 6) is 0.964. The van der Waals surface area contributed by atoms with Gasteiger partial charge in [0.1, 0.15) is 11.5 Å². The van der Waals surface area contributed by atoms with E-state index in [0.717, 1.165) is 0 Å². The molecule has 1 aromatic carbocycles. The van der Waals surface area contributed by atoms with E-state index in [1.54, 1.807) is 37.8 Å². The average Bonchev–Trinajstić information content (AvgIpc) is 3.05. The quantitative estimate of drug-likeness (QED) is 0.884. The Kier molecular flexibility index (Phi) is 5.49. The van der Waals surface area contributed by atoms with Gasteiger partial charge in [-0.2, -0.15) is 0 Å². The first-order valence-corrected chi connectivity index (χ1v) is 7.83. The normalized spacial score (nSPS) is 12.5. The molecule has 0 fully saturated rings. The van der Waals surface area contributed by atoms with Gasteiger partial charge in [-0.1, -0.05) is 20.8 Å². The molecule has 2 aromatic rings. The van der Waals surface area contributed by atoms with Crippen LogP contribution in [0.1, 0.15) is 31.1 Å². The third-order valence-electron chi connectivity index (χ3n) is 3.96. The molecule has 130 valence electrons.